The fourth-order valence-electron chi connectivity index (χ4n) is 3.26. The summed E-state index contributed by atoms with van der Waals surface area (Å²) in [4.78, 5) is 21.1. The number of amides is 1. The van der Waals surface area contributed by atoms with E-state index in [2.05, 4.69) is 9.97 Å². The molecule has 0 spiro atoms. The van der Waals surface area contributed by atoms with Gasteiger partial charge in [-0.1, -0.05) is 19.1 Å². The molecule has 0 aliphatic heterocycles. The summed E-state index contributed by atoms with van der Waals surface area (Å²) in [6, 6.07) is 0. The van der Waals surface area contributed by atoms with Gasteiger partial charge in [0.05, 0.1) is 17.0 Å². The lowest BCUT2D eigenvalue weighted by atomic mass is 9.81. The van der Waals surface area contributed by atoms with E-state index in [1.807, 2.05) is 33.8 Å². The van der Waals surface area contributed by atoms with Crippen molar-refractivity contribution in [3.8, 4) is 0 Å². The second-order valence-corrected chi connectivity index (χ2v) is 6.88. The molecule has 1 aliphatic rings. The molecule has 2 heterocycles. The molecule has 3 rings (SSSR count). The van der Waals surface area contributed by atoms with Crippen LogP contribution in [-0.2, 0) is 0 Å². The lowest BCUT2D eigenvalue weighted by Crippen LogP contribution is -2.35. The summed E-state index contributed by atoms with van der Waals surface area (Å²) in [6.45, 7) is 9.24. The normalized spacial score (nSPS) is 23.5. The van der Waals surface area contributed by atoms with Gasteiger partial charge in [-0.15, -0.1) is 0 Å². The number of hydrogen-bond donors (Lipinski definition) is 3. The van der Waals surface area contributed by atoms with Crippen LogP contribution in [0.5, 0.6) is 0 Å². The van der Waals surface area contributed by atoms with Gasteiger partial charge >= 0.3 is 0 Å². The maximum Gasteiger partial charge on any atom is 0.254 e. The quantitative estimate of drug-likeness (QED) is 0.770. The third kappa shape index (κ3) is 2.42. The first-order valence-electron chi connectivity index (χ1n) is 8.14. The number of nitrogen functional groups attached to an aromatic ring is 1. The SMILES string of the molecule is CC1=C(n2c(N)c(C(N)=O)c3nc(C)c(C)nc32)C(C)C(C)(O)C=C1. The molecule has 5 N–H and O–H groups in total. The van der Waals surface area contributed by atoms with Gasteiger partial charge in [-0.3, -0.25) is 9.36 Å². The van der Waals surface area contributed by atoms with Crippen LogP contribution in [0.15, 0.2) is 17.7 Å². The number of fused-ring (bicyclic) bond motifs is 1. The van der Waals surface area contributed by atoms with Crippen LogP contribution in [0.4, 0.5) is 5.82 Å². The van der Waals surface area contributed by atoms with Gasteiger partial charge in [-0.2, -0.15) is 0 Å². The number of allylic oxidation sites excluding steroid dienone is 2. The Bertz CT molecular complexity index is 966. The van der Waals surface area contributed by atoms with E-state index >= 15 is 0 Å². The van der Waals surface area contributed by atoms with E-state index < -0.39 is 11.5 Å². The summed E-state index contributed by atoms with van der Waals surface area (Å²) in [5.41, 5.74) is 15.0. The minimum Gasteiger partial charge on any atom is -0.385 e. The van der Waals surface area contributed by atoms with Gasteiger partial charge in [0.1, 0.15) is 16.9 Å². The number of primary amides is 1. The van der Waals surface area contributed by atoms with Gasteiger partial charge in [-0.05, 0) is 33.3 Å². The maximum atomic E-state index is 12.0. The highest BCUT2D eigenvalue weighted by atomic mass is 16.3. The predicted octanol–water partition coefficient (Wildman–Crippen LogP) is 1.92. The Morgan fingerprint density at radius 2 is 1.88 bits per heavy atom. The first-order chi connectivity index (χ1) is 11.6. The van der Waals surface area contributed by atoms with Crippen molar-refractivity contribution in [3.05, 3.63) is 34.7 Å². The zero-order chi connectivity index (χ0) is 18.7. The average molecular weight is 341 g/mol. The molecule has 0 radical (unpaired) electrons. The van der Waals surface area contributed by atoms with Gasteiger partial charge in [0.15, 0.2) is 5.65 Å². The van der Waals surface area contributed by atoms with Crippen molar-refractivity contribution in [1.82, 2.24) is 14.5 Å². The molecule has 1 aliphatic carbocycles. The minimum atomic E-state index is -1.04. The average Bonchev–Trinajstić information content (AvgIpc) is 2.77. The van der Waals surface area contributed by atoms with E-state index in [0.29, 0.717) is 16.9 Å². The largest absolute Gasteiger partial charge is 0.385 e. The number of rotatable bonds is 2. The Hall–Kier alpha value is -2.67. The molecule has 0 bridgehead atoms. The van der Waals surface area contributed by atoms with Crippen LogP contribution >= 0.6 is 0 Å². The molecule has 2 aromatic heterocycles. The minimum absolute atomic E-state index is 0.160. The van der Waals surface area contributed by atoms with Crippen LogP contribution in [-0.4, -0.2) is 31.1 Å². The van der Waals surface area contributed by atoms with E-state index in [0.717, 1.165) is 17.0 Å². The third-order valence-corrected chi connectivity index (χ3v) is 5.08. The van der Waals surface area contributed by atoms with Gasteiger partial charge in [0.25, 0.3) is 5.91 Å². The molecule has 132 valence electrons. The number of aromatic nitrogens is 3. The molecule has 0 saturated carbocycles. The summed E-state index contributed by atoms with van der Waals surface area (Å²) in [5, 5.41) is 10.7. The highest BCUT2D eigenvalue weighted by Gasteiger charge is 2.36. The molecule has 7 nitrogen and oxygen atoms in total. The number of anilines is 1. The smallest absolute Gasteiger partial charge is 0.254 e. The molecule has 2 atom stereocenters. The second kappa shape index (κ2) is 5.42. The fourth-order valence-corrected chi connectivity index (χ4v) is 3.26. The number of nitrogens with zero attached hydrogens (tertiary/aromatic N) is 3. The molecule has 25 heavy (non-hydrogen) atoms. The Balaban J connectivity index is 2.45. The van der Waals surface area contributed by atoms with Crippen LogP contribution in [0.25, 0.3) is 16.9 Å². The number of aliphatic hydroxyl groups is 1. The molecule has 2 aromatic rings. The number of hydrogen-bond acceptors (Lipinski definition) is 5. The summed E-state index contributed by atoms with van der Waals surface area (Å²) >= 11 is 0. The topological polar surface area (TPSA) is 120 Å². The van der Waals surface area contributed by atoms with E-state index in [1.165, 1.54) is 0 Å². The van der Waals surface area contributed by atoms with Crippen molar-refractivity contribution in [1.29, 1.82) is 0 Å². The highest BCUT2D eigenvalue weighted by molar-refractivity contribution is 6.10. The van der Waals surface area contributed by atoms with Crippen molar-refractivity contribution in [2.45, 2.75) is 40.2 Å². The lowest BCUT2D eigenvalue weighted by Gasteiger charge is -2.34. The van der Waals surface area contributed by atoms with E-state index in [1.54, 1.807) is 17.6 Å². The van der Waals surface area contributed by atoms with Gasteiger partial charge < -0.3 is 16.6 Å². The Kier molecular flexibility index (Phi) is 3.72. The van der Waals surface area contributed by atoms with Crippen molar-refractivity contribution in [3.63, 3.8) is 0 Å². The van der Waals surface area contributed by atoms with Crippen molar-refractivity contribution >= 4 is 28.6 Å². The van der Waals surface area contributed by atoms with E-state index in [9.17, 15) is 9.90 Å². The van der Waals surface area contributed by atoms with Crippen LogP contribution in [0.1, 0.15) is 42.5 Å². The van der Waals surface area contributed by atoms with E-state index in [4.69, 9.17) is 11.5 Å². The second-order valence-electron chi connectivity index (χ2n) is 6.88. The van der Waals surface area contributed by atoms with Crippen LogP contribution in [0, 0.1) is 19.8 Å². The van der Waals surface area contributed by atoms with E-state index in [-0.39, 0.29) is 17.3 Å². The Morgan fingerprint density at radius 1 is 1.28 bits per heavy atom. The number of nitrogens with two attached hydrogens (primary N) is 2. The van der Waals surface area contributed by atoms with Gasteiger partial charge in [0.2, 0.25) is 0 Å². The Morgan fingerprint density at radius 3 is 2.48 bits per heavy atom. The van der Waals surface area contributed by atoms with Crippen molar-refractivity contribution in [2.75, 3.05) is 5.73 Å². The van der Waals surface area contributed by atoms with Crippen molar-refractivity contribution < 1.29 is 9.90 Å². The molecule has 7 heteroatoms. The molecule has 1 amide bonds. The molecule has 0 fully saturated rings. The standard InChI is InChI=1S/C18H23N5O2/c1-8-6-7-18(5,25)9(2)14(8)23-15(19)12(16(20)24)13-17(23)22-11(4)10(3)21-13/h6-7,9,25H,19H2,1-5H3,(H2,20,24). The summed E-state index contributed by atoms with van der Waals surface area (Å²) in [6.07, 6.45) is 3.60. The number of carbonyl (C=O) groups excluding carboxylic acids is 1. The summed E-state index contributed by atoms with van der Waals surface area (Å²) in [5.74, 6) is -0.720. The van der Waals surface area contributed by atoms with Crippen molar-refractivity contribution in [2.24, 2.45) is 11.7 Å². The van der Waals surface area contributed by atoms with Crippen LogP contribution < -0.4 is 11.5 Å². The van der Waals surface area contributed by atoms with Gasteiger partial charge in [-0.25, -0.2) is 9.97 Å². The molecule has 0 saturated heterocycles. The lowest BCUT2D eigenvalue weighted by molar-refractivity contribution is 0.0747. The number of carbonyl (C=O) groups is 1. The molecule has 0 aromatic carbocycles. The van der Waals surface area contributed by atoms with Crippen LogP contribution in [0.3, 0.4) is 0 Å². The zero-order valence-corrected chi connectivity index (χ0v) is 15.1. The zero-order valence-electron chi connectivity index (χ0n) is 15.1. The van der Waals surface area contributed by atoms with Crippen LogP contribution in [0.2, 0.25) is 0 Å². The molecule has 2 unspecified atom stereocenters. The summed E-state index contributed by atoms with van der Waals surface area (Å²) in [7, 11) is 0. The monoisotopic (exact) mass is 341 g/mol. The third-order valence-electron chi connectivity index (χ3n) is 5.08. The Labute approximate surface area is 146 Å². The first-order valence-corrected chi connectivity index (χ1v) is 8.14. The predicted molar refractivity (Wildman–Crippen MR) is 97.8 cm³/mol. The van der Waals surface area contributed by atoms with Gasteiger partial charge in [0, 0.05) is 11.6 Å². The fraction of sp³-hybridized carbons (Fsp3) is 0.389. The maximum absolute atomic E-state index is 12.0. The molecular weight excluding hydrogens is 318 g/mol. The molecular formula is C18H23N5O2. The first kappa shape index (κ1) is 17.2. The summed E-state index contributed by atoms with van der Waals surface area (Å²) < 4.78 is 1.70. The number of aryl methyl sites for hydroxylation is 2. The highest BCUT2D eigenvalue weighted by Crippen LogP contribution is 2.40.